The number of hydrogen-bond acceptors (Lipinski definition) is 6. The molecule has 0 radical (unpaired) electrons. The second-order valence-corrected chi connectivity index (χ2v) is 7.66. The fraction of sp³-hybridized carbons (Fsp3) is 0.333. The molecule has 7 nitrogen and oxygen atoms in total. The van der Waals surface area contributed by atoms with Crippen molar-refractivity contribution in [1.29, 1.82) is 0 Å². The molecule has 7 heteroatoms. The maximum Gasteiger partial charge on any atom is 0.162 e. The molecule has 0 amide bonds. The average Bonchev–Trinajstić information content (AvgIpc) is 3.18. The molecule has 0 fully saturated rings. The number of anilines is 2. The zero-order valence-corrected chi connectivity index (χ0v) is 18.1. The summed E-state index contributed by atoms with van der Waals surface area (Å²) in [6, 6.07) is 11.4. The number of rotatable bonds is 9. The van der Waals surface area contributed by atoms with Gasteiger partial charge in [0.05, 0.1) is 5.52 Å². The van der Waals surface area contributed by atoms with Gasteiger partial charge in [-0.05, 0) is 49.2 Å². The number of nitrogens with one attached hydrogen (secondary N) is 1. The molecule has 0 aliphatic carbocycles. The van der Waals surface area contributed by atoms with Gasteiger partial charge in [0.1, 0.15) is 22.4 Å². The fourth-order valence-electron chi connectivity index (χ4n) is 3.98. The van der Waals surface area contributed by atoms with E-state index in [1.165, 1.54) is 0 Å². The van der Waals surface area contributed by atoms with Crippen LogP contribution in [0.25, 0.3) is 22.1 Å². The maximum atomic E-state index is 12.4. The molecule has 4 aromatic rings. The number of nitrogens with zero attached hydrogens (tertiary/aromatic N) is 4. The number of unbranched alkanes of at least 4 members (excludes halogenated alkanes) is 2. The molecule has 0 saturated carbocycles. The largest absolute Gasteiger partial charge is 0.388 e. The van der Waals surface area contributed by atoms with E-state index < -0.39 is 0 Å². The molecule has 3 aromatic heterocycles. The molecule has 0 saturated heterocycles. The Morgan fingerprint density at radius 1 is 1.06 bits per heavy atom. The second-order valence-electron chi connectivity index (χ2n) is 7.66. The molecular formula is C24H28N6O. The van der Waals surface area contributed by atoms with E-state index in [1.54, 1.807) is 6.20 Å². The van der Waals surface area contributed by atoms with E-state index in [2.05, 4.69) is 26.8 Å². The van der Waals surface area contributed by atoms with Gasteiger partial charge in [-0.3, -0.25) is 9.78 Å². The molecule has 0 aliphatic heterocycles. The molecule has 0 unspecified atom stereocenters. The van der Waals surface area contributed by atoms with E-state index in [4.69, 9.17) is 10.7 Å². The number of benzene rings is 1. The normalized spacial score (nSPS) is 11.3. The van der Waals surface area contributed by atoms with E-state index in [0.29, 0.717) is 12.2 Å². The highest BCUT2D eigenvalue weighted by molar-refractivity contribution is 6.04. The lowest BCUT2D eigenvalue weighted by Crippen LogP contribution is -2.05. The van der Waals surface area contributed by atoms with Crippen molar-refractivity contribution < 1.29 is 4.79 Å². The fourth-order valence-corrected chi connectivity index (χ4v) is 3.98. The van der Waals surface area contributed by atoms with Crippen LogP contribution >= 0.6 is 0 Å². The van der Waals surface area contributed by atoms with Crippen molar-refractivity contribution in [2.75, 3.05) is 18.1 Å². The van der Waals surface area contributed by atoms with Gasteiger partial charge in [-0.2, -0.15) is 0 Å². The van der Waals surface area contributed by atoms with Crippen LogP contribution < -0.4 is 11.1 Å². The summed E-state index contributed by atoms with van der Waals surface area (Å²) in [5.41, 5.74) is 11.3. The second kappa shape index (κ2) is 9.12. The Morgan fingerprint density at radius 2 is 1.87 bits per heavy atom. The van der Waals surface area contributed by atoms with Crippen LogP contribution in [0.5, 0.6) is 0 Å². The Labute approximate surface area is 181 Å². The quantitative estimate of drug-likeness (QED) is 0.305. The first-order valence-corrected chi connectivity index (χ1v) is 10.8. The summed E-state index contributed by atoms with van der Waals surface area (Å²) in [6.07, 6.45) is 5.94. The van der Waals surface area contributed by atoms with Crippen molar-refractivity contribution in [2.45, 2.75) is 45.6 Å². The predicted octanol–water partition coefficient (Wildman–Crippen LogP) is 4.61. The topological polar surface area (TPSA) is 98.7 Å². The lowest BCUT2D eigenvalue weighted by molar-refractivity contribution is 0.0979. The summed E-state index contributed by atoms with van der Waals surface area (Å²) in [5.74, 6) is 1.63. The van der Waals surface area contributed by atoms with Gasteiger partial charge in [0.15, 0.2) is 11.6 Å². The lowest BCUT2D eigenvalue weighted by atomic mass is 10.0. The van der Waals surface area contributed by atoms with Crippen molar-refractivity contribution >= 4 is 39.4 Å². The highest BCUT2D eigenvalue weighted by atomic mass is 16.1. The molecule has 4 rings (SSSR count). The van der Waals surface area contributed by atoms with Gasteiger partial charge in [0.25, 0.3) is 0 Å². The number of aryl methyl sites for hydroxylation is 2. The summed E-state index contributed by atoms with van der Waals surface area (Å²) in [5, 5.41) is 3.07. The first-order chi connectivity index (χ1) is 15.1. The van der Waals surface area contributed by atoms with Crippen molar-refractivity contribution in [3.63, 3.8) is 0 Å². The number of Topliss-reactive ketones (excluding diaryl/α,β-unsaturated/α-hetero) is 1. The number of nitrogen functional groups attached to an aromatic ring is 1. The van der Waals surface area contributed by atoms with Crippen LogP contribution in [0, 0.1) is 0 Å². The number of imidazole rings is 1. The Bertz CT molecular complexity index is 1210. The van der Waals surface area contributed by atoms with Gasteiger partial charge in [-0.15, -0.1) is 0 Å². The number of ketones is 1. The van der Waals surface area contributed by atoms with Crippen LogP contribution in [0.1, 0.15) is 48.8 Å². The number of carbonyl (C=O) groups excluding carboxylic acids is 1. The van der Waals surface area contributed by atoms with Gasteiger partial charge in [0, 0.05) is 43.9 Å². The monoisotopic (exact) mass is 416 g/mol. The molecule has 0 atom stereocenters. The minimum Gasteiger partial charge on any atom is -0.388 e. The standard InChI is InChI=1S/C24H28N6O/c1-3-20-29-22-23(21-18(28-24(22)25)8-7-14-27-21)30(20)15-6-4-5-9-19(31)16-10-12-17(26-2)13-11-16/h7-8,10-14,26H,3-6,9,15H2,1-2H3,(H2,25,28). The number of nitrogens with two attached hydrogens (primary N) is 1. The summed E-state index contributed by atoms with van der Waals surface area (Å²) in [4.78, 5) is 26.2. The Kier molecular flexibility index (Phi) is 6.11. The van der Waals surface area contributed by atoms with Crippen molar-refractivity contribution in [1.82, 2.24) is 19.5 Å². The van der Waals surface area contributed by atoms with Gasteiger partial charge in [0.2, 0.25) is 0 Å². The van der Waals surface area contributed by atoms with Crippen LogP contribution in [-0.2, 0) is 13.0 Å². The SMILES string of the molecule is CCc1nc2c(N)nc3cccnc3c2n1CCCCCC(=O)c1ccc(NC)cc1. The summed E-state index contributed by atoms with van der Waals surface area (Å²) in [6.45, 7) is 2.91. The Hall–Kier alpha value is -3.48. The maximum absolute atomic E-state index is 12.4. The molecule has 3 heterocycles. The van der Waals surface area contributed by atoms with Crippen molar-refractivity contribution in [3.8, 4) is 0 Å². The summed E-state index contributed by atoms with van der Waals surface area (Å²) >= 11 is 0. The van der Waals surface area contributed by atoms with Gasteiger partial charge >= 0.3 is 0 Å². The van der Waals surface area contributed by atoms with E-state index in [9.17, 15) is 4.79 Å². The molecule has 0 bridgehead atoms. The van der Waals surface area contributed by atoms with E-state index >= 15 is 0 Å². The number of carbonyl (C=O) groups is 1. The van der Waals surface area contributed by atoms with Crippen molar-refractivity contribution in [2.24, 2.45) is 0 Å². The highest BCUT2D eigenvalue weighted by Crippen LogP contribution is 2.28. The van der Waals surface area contributed by atoms with Crippen LogP contribution in [0.15, 0.2) is 42.6 Å². The zero-order chi connectivity index (χ0) is 21.8. The van der Waals surface area contributed by atoms with Crippen LogP contribution in [-0.4, -0.2) is 32.3 Å². The Morgan fingerprint density at radius 3 is 2.61 bits per heavy atom. The number of fused-ring (bicyclic) bond motifs is 3. The van der Waals surface area contributed by atoms with Crippen LogP contribution in [0.3, 0.4) is 0 Å². The number of pyridine rings is 2. The molecule has 160 valence electrons. The summed E-state index contributed by atoms with van der Waals surface area (Å²) in [7, 11) is 1.87. The van der Waals surface area contributed by atoms with Gasteiger partial charge in [-0.25, -0.2) is 9.97 Å². The van der Waals surface area contributed by atoms with Gasteiger partial charge < -0.3 is 15.6 Å². The van der Waals surface area contributed by atoms with Gasteiger partial charge in [-0.1, -0.05) is 13.3 Å². The molecule has 1 aromatic carbocycles. The molecular weight excluding hydrogens is 388 g/mol. The summed E-state index contributed by atoms with van der Waals surface area (Å²) < 4.78 is 2.22. The molecule has 0 spiro atoms. The molecule has 31 heavy (non-hydrogen) atoms. The number of hydrogen-bond donors (Lipinski definition) is 2. The highest BCUT2D eigenvalue weighted by Gasteiger charge is 2.17. The smallest absolute Gasteiger partial charge is 0.162 e. The third-order valence-corrected chi connectivity index (χ3v) is 5.64. The van der Waals surface area contributed by atoms with Crippen LogP contribution in [0.4, 0.5) is 11.5 Å². The van der Waals surface area contributed by atoms with Crippen LogP contribution in [0.2, 0.25) is 0 Å². The van der Waals surface area contributed by atoms with E-state index in [1.807, 2.05) is 43.4 Å². The molecule has 0 aliphatic rings. The first kappa shape index (κ1) is 20.8. The zero-order valence-electron chi connectivity index (χ0n) is 18.1. The lowest BCUT2D eigenvalue weighted by Gasteiger charge is -2.10. The third-order valence-electron chi connectivity index (χ3n) is 5.64. The minimum atomic E-state index is 0.194. The molecule has 3 N–H and O–H groups in total. The third kappa shape index (κ3) is 4.21. The predicted molar refractivity (Wildman–Crippen MR) is 125 cm³/mol. The van der Waals surface area contributed by atoms with E-state index in [-0.39, 0.29) is 5.78 Å². The number of aromatic nitrogens is 4. The van der Waals surface area contributed by atoms with E-state index in [0.717, 1.165) is 71.4 Å². The minimum absolute atomic E-state index is 0.194. The first-order valence-electron chi connectivity index (χ1n) is 10.8. The average molecular weight is 417 g/mol. The Balaban J connectivity index is 1.43. The van der Waals surface area contributed by atoms with Crippen molar-refractivity contribution in [3.05, 3.63) is 54.0 Å².